The Kier molecular flexibility index (Phi) is 4.79. The van der Waals surface area contributed by atoms with Crippen molar-refractivity contribution >= 4 is 37.6 Å². The summed E-state index contributed by atoms with van der Waals surface area (Å²) in [5.41, 5.74) is 1.29. The summed E-state index contributed by atoms with van der Waals surface area (Å²) in [6.45, 7) is 0.174. The maximum atomic E-state index is 11.3. The Morgan fingerprint density at radius 1 is 1.50 bits per heavy atom. The van der Waals surface area contributed by atoms with Crippen LogP contribution in [0.15, 0.2) is 39.2 Å². The van der Waals surface area contributed by atoms with Gasteiger partial charge in [-0.2, -0.15) is 0 Å². The third kappa shape index (κ3) is 3.79. The number of benzene rings is 1. The molecule has 16 heavy (non-hydrogen) atoms. The number of primary sulfonamides is 1. The minimum atomic E-state index is -3.81. The smallest absolute Gasteiger partial charge is 0.241 e. The SMILES string of the molecule is NS(=O)(=O)c1cc(Br)ccc1OC/C=C/Cl. The van der Waals surface area contributed by atoms with E-state index in [0.29, 0.717) is 4.47 Å². The van der Waals surface area contributed by atoms with E-state index in [-0.39, 0.29) is 17.3 Å². The van der Waals surface area contributed by atoms with Gasteiger partial charge in [-0.25, -0.2) is 13.6 Å². The van der Waals surface area contributed by atoms with Gasteiger partial charge in [0.1, 0.15) is 17.3 Å². The maximum Gasteiger partial charge on any atom is 0.241 e. The first-order chi connectivity index (χ1) is 7.45. The van der Waals surface area contributed by atoms with Crippen LogP contribution < -0.4 is 9.88 Å². The van der Waals surface area contributed by atoms with Crippen LogP contribution in [-0.4, -0.2) is 15.0 Å². The first kappa shape index (κ1) is 13.5. The van der Waals surface area contributed by atoms with Crippen molar-refractivity contribution in [2.45, 2.75) is 4.90 Å². The molecule has 88 valence electrons. The van der Waals surface area contributed by atoms with E-state index in [9.17, 15) is 8.42 Å². The fourth-order valence-corrected chi connectivity index (χ4v) is 2.28. The zero-order chi connectivity index (χ0) is 12.2. The molecule has 0 saturated heterocycles. The van der Waals surface area contributed by atoms with Crippen LogP contribution in [0.5, 0.6) is 5.75 Å². The molecule has 0 atom stereocenters. The number of hydrogen-bond acceptors (Lipinski definition) is 3. The van der Waals surface area contributed by atoms with Gasteiger partial charge >= 0.3 is 0 Å². The molecule has 4 nitrogen and oxygen atoms in total. The lowest BCUT2D eigenvalue weighted by atomic mass is 10.3. The highest BCUT2D eigenvalue weighted by atomic mass is 79.9. The Bertz CT molecular complexity index is 501. The van der Waals surface area contributed by atoms with Crippen molar-refractivity contribution in [1.82, 2.24) is 0 Å². The minimum Gasteiger partial charge on any atom is -0.488 e. The van der Waals surface area contributed by atoms with E-state index in [0.717, 1.165) is 0 Å². The van der Waals surface area contributed by atoms with Gasteiger partial charge in [-0.15, -0.1) is 0 Å². The van der Waals surface area contributed by atoms with Crippen molar-refractivity contribution < 1.29 is 13.2 Å². The normalized spacial score (nSPS) is 11.9. The van der Waals surface area contributed by atoms with Gasteiger partial charge in [0.2, 0.25) is 10.0 Å². The van der Waals surface area contributed by atoms with E-state index in [1.54, 1.807) is 6.07 Å². The molecule has 2 N–H and O–H groups in total. The van der Waals surface area contributed by atoms with E-state index < -0.39 is 10.0 Å². The molecule has 0 aliphatic carbocycles. The van der Waals surface area contributed by atoms with E-state index in [1.807, 2.05) is 0 Å². The van der Waals surface area contributed by atoms with Crippen LogP contribution >= 0.6 is 27.5 Å². The number of nitrogens with two attached hydrogens (primary N) is 1. The van der Waals surface area contributed by atoms with Crippen LogP contribution in [0.25, 0.3) is 0 Å². The minimum absolute atomic E-state index is 0.0650. The van der Waals surface area contributed by atoms with Crippen LogP contribution in [-0.2, 0) is 10.0 Å². The second kappa shape index (κ2) is 5.67. The van der Waals surface area contributed by atoms with Crippen LogP contribution in [0.3, 0.4) is 0 Å². The van der Waals surface area contributed by atoms with Gasteiger partial charge in [-0.3, -0.25) is 0 Å². The fraction of sp³-hybridized carbons (Fsp3) is 0.111. The van der Waals surface area contributed by atoms with E-state index >= 15 is 0 Å². The largest absolute Gasteiger partial charge is 0.488 e. The molecule has 0 unspecified atom stereocenters. The monoisotopic (exact) mass is 325 g/mol. The van der Waals surface area contributed by atoms with Gasteiger partial charge in [0, 0.05) is 10.0 Å². The summed E-state index contributed by atoms with van der Waals surface area (Å²) in [4.78, 5) is -0.0650. The van der Waals surface area contributed by atoms with Gasteiger partial charge in [0.25, 0.3) is 0 Å². The molecule has 0 bridgehead atoms. The predicted octanol–water partition coefficient (Wildman–Crippen LogP) is 2.23. The molecule has 0 saturated carbocycles. The number of sulfonamides is 1. The van der Waals surface area contributed by atoms with Crippen LogP contribution in [0.1, 0.15) is 0 Å². The second-order valence-electron chi connectivity index (χ2n) is 2.81. The van der Waals surface area contributed by atoms with Crippen LogP contribution in [0.4, 0.5) is 0 Å². The summed E-state index contributed by atoms with van der Waals surface area (Å²) in [7, 11) is -3.81. The van der Waals surface area contributed by atoms with Crippen LogP contribution in [0.2, 0.25) is 0 Å². The molecule has 1 rings (SSSR count). The third-order valence-corrected chi connectivity index (χ3v) is 3.24. The Morgan fingerprint density at radius 2 is 2.19 bits per heavy atom. The van der Waals surface area contributed by atoms with Gasteiger partial charge in [0.15, 0.2) is 0 Å². The standard InChI is InChI=1S/C9H9BrClNO3S/c10-7-2-3-8(15-5-1-4-11)9(6-7)16(12,13)14/h1-4,6H,5H2,(H2,12,13,14)/b4-1+. The van der Waals surface area contributed by atoms with E-state index in [4.69, 9.17) is 21.5 Å². The second-order valence-corrected chi connectivity index (χ2v) is 5.51. The lowest BCUT2D eigenvalue weighted by Gasteiger charge is -2.08. The Hall–Kier alpha value is -0.560. The van der Waals surface area contributed by atoms with Gasteiger partial charge in [-0.1, -0.05) is 27.5 Å². The zero-order valence-corrected chi connectivity index (χ0v) is 11.2. The summed E-state index contributed by atoms with van der Waals surface area (Å²) in [6.07, 6.45) is 1.54. The molecule has 0 aliphatic rings. The highest BCUT2D eigenvalue weighted by molar-refractivity contribution is 9.10. The average molecular weight is 327 g/mol. The molecular weight excluding hydrogens is 318 g/mol. The molecule has 0 fully saturated rings. The molecule has 0 spiro atoms. The quantitative estimate of drug-likeness (QED) is 0.922. The Labute approximate surface area is 107 Å². The zero-order valence-electron chi connectivity index (χ0n) is 8.06. The Balaban J connectivity index is 3.08. The summed E-state index contributed by atoms with van der Waals surface area (Å²) in [6, 6.07) is 4.56. The predicted molar refractivity (Wildman–Crippen MR) is 66.0 cm³/mol. The molecule has 0 amide bonds. The van der Waals surface area contributed by atoms with Gasteiger partial charge in [-0.05, 0) is 24.3 Å². The fourth-order valence-electron chi connectivity index (χ4n) is 0.998. The summed E-state index contributed by atoms with van der Waals surface area (Å²) in [5.74, 6) is 0.195. The molecule has 1 aromatic carbocycles. The average Bonchev–Trinajstić information content (AvgIpc) is 2.19. The first-order valence-electron chi connectivity index (χ1n) is 4.15. The van der Waals surface area contributed by atoms with Crippen molar-refractivity contribution in [2.75, 3.05) is 6.61 Å². The first-order valence-corrected chi connectivity index (χ1v) is 6.93. The number of halogens is 2. The van der Waals surface area contributed by atoms with Crippen LogP contribution in [0, 0.1) is 0 Å². The van der Waals surface area contributed by atoms with E-state index in [2.05, 4.69) is 15.9 Å². The van der Waals surface area contributed by atoms with E-state index in [1.165, 1.54) is 23.7 Å². The number of ether oxygens (including phenoxy) is 1. The number of rotatable bonds is 4. The van der Waals surface area contributed by atoms with Crippen molar-refractivity contribution in [3.63, 3.8) is 0 Å². The lowest BCUT2D eigenvalue weighted by molar-refractivity contribution is 0.353. The van der Waals surface area contributed by atoms with Crippen molar-refractivity contribution in [1.29, 1.82) is 0 Å². The summed E-state index contributed by atoms with van der Waals surface area (Å²) in [5, 5.41) is 5.06. The van der Waals surface area contributed by atoms with Crippen molar-refractivity contribution in [2.24, 2.45) is 5.14 Å². The Morgan fingerprint density at radius 3 is 2.75 bits per heavy atom. The highest BCUT2D eigenvalue weighted by Crippen LogP contribution is 2.26. The molecule has 0 heterocycles. The maximum absolute atomic E-state index is 11.3. The molecular formula is C9H9BrClNO3S. The summed E-state index contributed by atoms with van der Waals surface area (Å²) >= 11 is 8.47. The molecule has 0 aromatic heterocycles. The van der Waals surface area contributed by atoms with Crippen molar-refractivity contribution in [3.05, 3.63) is 34.3 Å². The molecule has 0 aliphatic heterocycles. The van der Waals surface area contributed by atoms with Gasteiger partial charge < -0.3 is 4.74 Å². The highest BCUT2D eigenvalue weighted by Gasteiger charge is 2.15. The molecule has 7 heteroatoms. The molecule has 1 aromatic rings. The third-order valence-electron chi connectivity index (χ3n) is 1.64. The number of hydrogen-bond donors (Lipinski definition) is 1. The van der Waals surface area contributed by atoms with Crippen molar-refractivity contribution in [3.8, 4) is 5.75 Å². The summed E-state index contributed by atoms with van der Waals surface area (Å²) < 4.78 is 28.4. The lowest BCUT2D eigenvalue weighted by Crippen LogP contribution is -2.14. The molecule has 0 radical (unpaired) electrons. The van der Waals surface area contributed by atoms with Gasteiger partial charge in [0.05, 0.1) is 0 Å². The topological polar surface area (TPSA) is 69.4 Å².